The Labute approximate surface area is 243 Å². The monoisotopic (exact) mass is 558 g/mol. The summed E-state index contributed by atoms with van der Waals surface area (Å²) in [5.74, 6) is 2.58. The zero-order valence-electron chi connectivity index (χ0n) is 24.7. The van der Waals surface area contributed by atoms with E-state index < -0.39 is 0 Å². The molecule has 6 rings (SSSR count). The number of ether oxygens (including phenoxy) is 2. The van der Waals surface area contributed by atoms with Crippen LogP contribution in [0.5, 0.6) is 11.5 Å². The van der Waals surface area contributed by atoms with E-state index in [0.717, 1.165) is 44.9 Å². The number of aromatic hydroxyl groups is 1. The van der Waals surface area contributed by atoms with E-state index in [4.69, 9.17) is 9.47 Å². The number of fused-ring (bicyclic) bond motifs is 5. The first-order valence-electron chi connectivity index (χ1n) is 14.9. The maximum atomic E-state index is 12.4. The maximum absolute atomic E-state index is 12.4. The van der Waals surface area contributed by atoms with Crippen LogP contribution < -0.4 is 4.74 Å². The number of Topliss-reactive ketones (excluding diaryl/α,β-unsaturated/α-hetero) is 1. The third-order valence-corrected chi connectivity index (χ3v) is 10.6. The molecule has 6 atom stereocenters. The lowest BCUT2D eigenvalue weighted by molar-refractivity contribution is -0.148. The van der Waals surface area contributed by atoms with Gasteiger partial charge in [0.15, 0.2) is 5.78 Å². The topological polar surface area (TPSA) is 89.9 Å². The number of carbonyl (C=O) groups excluding carboxylic acids is 3. The largest absolute Gasteiger partial charge is 0.507 e. The van der Waals surface area contributed by atoms with Crippen LogP contribution in [0.3, 0.4) is 0 Å². The molecule has 41 heavy (non-hydrogen) atoms. The van der Waals surface area contributed by atoms with Gasteiger partial charge in [-0.2, -0.15) is 0 Å². The minimum absolute atomic E-state index is 0.0438. The number of benzene rings is 2. The summed E-state index contributed by atoms with van der Waals surface area (Å²) in [6.45, 7) is 6.19. The second-order valence-corrected chi connectivity index (χ2v) is 12.7. The van der Waals surface area contributed by atoms with Gasteiger partial charge in [0, 0.05) is 36.8 Å². The lowest BCUT2D eigenvalue weighted by Crippen LogP contribution is -2.50. The Morgan fingerprint density at radius 2 is 1.66 bits per heavy atom. The molecule has 3 saturated carbocycles. The second kappa shape index (κ2) is 11.5. The molecule has 2 aromatic carbocycles. The Morgan fingerprint density at radius 1 is 0.951 bits per heavy atom. The van der Waals surface area contributed by atoms with Crippen LogP contribution in [-0.4, -0.2) is 35.9 Å². The molecule has 218 valence electrons. The summed E-state index contributed by atoms with van der Waals surface area (Å²) in [5, 5.41) is 9.75. The van der Waals surface area contributed by atoms with Gasteiger partial charge in [-0.25, -0.2) is 0 Å². The third kappa shape index (κ3) is 5.45. The molecular formula is C35H42O6. The molecule has 0 amide bonds. The Bertz CT molecular complexity index is 1350. The van der Waals surface area contributed by atoms with Gasteiger partial charge in [0.25, 0.3) is 0 Å². The van der Waals surface area contributed by atoms with Gasteiger partial charge in [0.05, 0.1) is 12.7 Å². The average molecular weight is 559 g/mol. The van der Waals surface area contributed by atoms with Crippen molar-refractivity contribution >= 4 is 17.5 Å². The zero-order valence-corrected chi connectivity index (χ0v) is 24.7. The minimum atomic E-state index is -0.203. The number of ketones is 2. The molecular weight excluding hydrogens is 516 g/mol. The van der Waals surface area contributed by atoms with E-state index >= 15 is 0 Å². The van der Waals surface area contributed by atoms with Crippen molar-refractivity contribution in [2.45, 2.75) is 78.2 Å². The number of hydrogen-bond acceptors (Lipinski definition) is 6. The first kappa shape index (κ1) is 29.1. The maximum Gasteiger partial charge on any atom is 0.302 e. The fourth-order valence-electron chi connectivity index (χ4n) is 8.31. The summed E-state index contributed by atoms with van der Waals surface area (Å²) in [4.78, 5) is 35.8. The molecule has 6 nitrogen and oxygen atoms in total. The number of methoxy groups -OCH3 is 1. The van der Waals surface area contributed by atoms with Crippen molar-refractivity contribution in [3.05, 3.63) is 71.3 Å². The molecule has 6 unspecified atom stereocenters. The molecule has 0 heterocycles. The van der Waals surface area contributed by atoms with Crippen LogP contribution in [0.2, 0.25) is 0 Å². The molecule has 6 heteroatoms. The van der Waals surface area contributed by atoms with Crippen LogP contribution in [-0.2, 0) is 14.3 Å². The van der Waals surface area contributed by atoms with Crippen molar-refractivity contribution in [1.82, 2.24) is 0 Å². The Morgan fingerprint density at radius 3 is 2.34 bits per heavy atom. The average Bonchev–Trinajstić information content (AvgIpc) is 3.27. The van der Waals surface area contributed by atoms with Crippen LogP contribution in [0.4, 0.5) is 0 Å². The van der Waals surface area contributed by atoms with E-state index in [2.05, 4.69) is 19.9 Å². The summed E-state index contributed by atoms with van der Waals surface area (Å²) in [6.07, 6.45) is 10.8. The summed E-state index contributed by atoms with van der Waals surface area (Å²) < 4.78 is 10.5. The van der Waals surface area contributed by atoms with Gasteiger partial charge in [0.1, 0.15) is 23.4 Å². The number of rotatable bonds is 4. The molecule has 0 radical (unpaired) electrons. The van der Waals surface area contributed by atoms with Gasteiger partial charge in [-0.1, -0.05) is 55.8 Å². The van der Waals surface area contributed by atoms with E-state index in [9.17, 15) is 19.5 Å². The van der Waals surface area contributed by atoms with Crippen molar-refractivity contribution in [2.75, 3.05) is 7.11 Å². The normalized spacial score (nSPS) is 31.8. The molecule has 0 spiro atoms. The first-order valence-corrected chi connectivity index (χ1v) is 14.9. The molecule has 1 N–H and O–H groups in total. The third-order valence-electron chi connectivity index (χ3n) is 10.6. The van der Waals surface area contributed by atoms with Gasteiger partial charge >= 0.3 is 5.97 Å². The number of phenols is 1. The summed E-state index contributed by atoms with van der Waals surface area (Å²) in [5.41, 5.74) is 2.56. The molecule has 2 aromatic rings. The van der Waals surface area contributed by atoms with Gasteiger partial charge in [-0.3, -0.25) is 14.4 Å². The molecule has 3 fully saturated rings. The van der Waals surface area contributed by atoms with Crippen LogP contribution >= 0.6 is 0 Å². The smallest absolute Gasteiger partial charge is 0.302 e. The van der Waals surface area contributed by atoms with E-state index in [1.807, 2.05) is 6.07 Å². The predicted octanol–water partition coefficient (Wildman–Crippen LogP) is 7.08. The Kier molecular flexibility index (Phi) is 8.13. The lowest BCUT2D eigenvalue weighted by atomic mass is 9.48. The highest BCUT2D eigenvalue weighted by molar-refractivity contribution is 6.10. The highest BCUT2D eigenvalue weighted by Crippen LogP contribution is 2.64. The van der Waals surface area contributed by atoms with Crippen molar-refractivity contribution in [3.8, 4) is 11.5 Å². The van der Waals surface area contributed by atoms with Crippen LogP contribution in [0.15, 0.2) is 60.2 Å². The van der Waals surface area contributed by atoms with Gasteiger partial charge in [0.2, 0.25) is 0 Å². The van der Waals surface area contributed by atoms with Gasteiger partial charge in [-0.05, 0) is 73.8 Å². The van der Waals surface area contributed by atoms with Crippen LogP contribution in [0.25, 0.3) is 0 Å². The van der Waals surface area contributed by atoms with Crippen molar-refractivity contribution in [2.24, 2.45) is 28.6 Å². The SMILES string of the molecule is CC(=O)OC1CCC2(C)C(=CCC3C4CCC(=O)C4(C)CCC32)C1.COc1ccc(C(=O)c2ccccc2)c(O)c1. The van der Waals surface area contributed by atoms with E-state index in [0.29, 0.717) is 34.8 Å². The highest BCUT2D eigenvalue weighted by atomic mass is 16.5. The fourth-order valence-corrected chi connectivity index (χ4v) is 8.31. The summed E-state index contributed by atoms with van der Waals surface area (Å²) in [7, 11) is 1.51. The predicted molar refractivity (Wildman–Crippen MR) is 157 cm³/mol. The Balaban J connectivity index is 0.000000175. The number of phenolic OH excluding ortho intramolecular Hbond substituents is 1. The zero-order chi connectivity index (χ0) is 29.4. The van der Waals surface area contributed by atoms with Crippen molar-refractivity contribution < 1.29 is 29.0 Å². The van der Waals surface area contributed by atoms with Crippen LogP contribution in [0, 0.1) is 28.6 Å². The quantitative estimate of drug-likeness (QED) is 0.245. The summed E-state index contributed by atoms with van der Waals surface area (Å²) in [6, 6.07) is 13.5. The van der Waals surface area contributed by atoms with Crippen LogP contribution in [0.1, 0.15) is 88.1 Å². The highest BCUT2D eigenvalue weighted by Gasteiger charge is 2.58. The van der Waals surface area contributed by atoms with Gasteiger partial charge in [-0.15, -0.1) is 0 Å². The molecule has 4 aliphatic carbocycles. The van der Waals surface area contributed by atoms with E-state index in [-0.39, 0.29) is 40.0 Å². The standard InChI is InChI=1S/C21H30O3.C14H12O3/c1-13(22)24-15-8-10-20(2)14(12-15)4-5-16-17-6-7-19(23)21(17,3)11-9-18(16)20;1-17-11-7-8-12(13(15)9-11)14(16)10-5-3-2-4-6-10/h4,15-18H,5-12H2,1-3H3;2-9,15H,1H3. The number of hydrogen-bond donors (Lipinski definition) is 1. The van der Waals surface area contributed by atoms with Gasteiger partial charge < -0.3 is 14.6 Å². The number of esters is 1. The molecule has 0 aliphatic heterocycles. The second-order valence-electron chi connectivity index (χ2n) is 12.7. The first-order chi connectivity index (χ1) is 19.6. The number of allylic oxidation sites excluding steroid dienone is 1. The van der Waals surface area contributed by atoms with Crippen molar-refractivity contribution in [1.29, 1.82) is 0 Å². The molecule has 4 aliphatic rings. The number of carbonyl (C=O) groups is 3. The fraction of sp³-hybridized carbons (Fsp3) is 0.514. The van der Waals surface area contributed by atoms with E-state index in [1.165, 1.54) is 32.1 Å². The minimum Gasteiger partial charge on any atom is -0.507 e. The molecule has 0 aromatic heterocycles. The molecule has 0 saturated heterocycles. The summed E-state index contributed by atoms with van der Waals surface area (Å²) >= 11 is 0. The lowest BCUT2D eigenvalue weighted by Gasteiger charge is -2.56. The van der Waals surface area contributed by atoms with E-state index in [1.54, 1.807) is 36.4 Å². The Hall–Kier alpha value is -3.41. The molecule has 0 bridgehead atoms. The van der Waals surface area contributed by atoms with Crippen molar-refractivity contribution in [3.63, 3.8) is 0 Å².